The number of hydrogen-bond donors (Lipinski definition) is 1. The number of amides is 3. The molecule has 7 rings (SSSR count). The van der Waals surface area contributed by atoms with Gasteiger partial charge >= 0.3 is 0 Å². The lowest BCUT2D eigenvalue weighted by Gasteiger charge is -2.37. The summed E-state index contributed by atoms with van der Waals surface area (Å²) in [5.41, 5.74) is 6.20. The van der Waals surface area contributed by atoms with Gasteiger partial charge in [0, 0.05) is 22.6 Å². The van der Waals surface area contributed by atoms with E-state index in [1.165, 1.54) is 0 Å². The molecule has 3 fully saturated rings. The van der Waals surface area contributed by atoms with Gasteiger partial charge in [-0.05, 0) is 80.3 Å². The Morgan fingerprint density at radius 1 is 0.867 bits per heavy atom. The number of allylic oxidation sites excluding steroid dienone is 2. The number of carbonyl (C=O) groups is 3. The van der Waals surface area contributed by atoms with Crippen molar-refractivity contribution in [2.75, 3.05) is 0 Å². The molecule has 6 heteroatoms. The summed E-state index contributed by atoms with van der Waals surface area (Å²) in [5.74, 6) is -0.169. The molecule has 1 aromatic carbocycles. The molecule has 6 nitrogen and oxygen atoms in total. The summed E-state index contributed by atoms with van der Waals surface area (Å²) in [6.45, 7) is 4.06. The number of hydrogen-bond acceptors (Lipinski definition) is 3. The Morgan fingerprint density at radius 2 is 1.40 bits per heavy atom. The van der Waals surface area contributed by atoms with Gasteiger partial charge in [-0.15, -0.1) is 0 Å². The van der Waals surface area contributed by atoms with Crippen LogP contribution in [0.5, 0.6) is 0 Å². The summed E-state index contributed by atoms with van der Waals surface area (Å²) in [4.78, 5) is 38.8. The second kappa shape index (κ2) is 5.94. The zero-order chi connectivity index (χ0) is 20.7. The second-order valence-electron chi connectivity index (χ2n) is 9.11. The Balaban J connectivity index is 1.22. The normalized spacial score (nSPS) is 32.9. The summed E-state index contributed by atoms with van der Waals surface area (Å²) >= 11 is 0. The Kier molecular flexibility index (Phi) is 3.50. The van der Waals surface area contributed by atoms with E-state index in [2.05, 4.69) is 22.1 Å². The van der Waals surface area contributed by atoms with E-state index < -0.39 is 5.91 Å². The van der Waals surface area contributed by atoms with Crippen molar-refractivity contribution in [3.05, 3.63) is 65.5 Å². The molecule has 1 aromatic heterocycles. The standard InChI is InChI=1S/C24H23N3O3/c1-12-3-4-13(2)26(12)15-7-5-14(6-8-15)22(28)25-27-23(29)20-16-9-10-17(19-11-18(16)19)21(20)24(27)30/h3-10,16-21H,11H2,1-2H3,(H,25,28)/t16-,17+,18?,19?,20-,21+. The van der Waals surface area contributed by atoms with Crippen molar-refractivity contribution in [2.24, 2.45) is 35.5 Å². The molecule has 2 bridgehead atoms. The first kappa shape index (κ1) is 17.7. The fraction of sp³-hybridized carbons (Fsp3) is 0.375. The van der Waals surface area contributed by atoms with E-state index in [1.54, 1.807) is 12.1 Å². The lowest BCUT2D eigenvalue weighted by atomic mass is 9.63. The van der Waals surface area contributed by atoms with Crippen LogP contribution in [0, 0.1) is 49.4 Å². The Hall–Kier alpha value is -3.15. The molecular formula is C24H23N3O3. The van der Waals surface area contributed by atoms with Gasteiger partial charge in [-0.25, -0.2) is 0 Å². The molecular weight excluding hydrogens is 378 g/mol. The molecule has 1 aliphatic heterocycles. The quantitative estimate of drug-likeness (QED) is 0.635. The molecule has 0 spiro atoms. The maximum Gasteiger partial charge on any atom is 0.270 e. The molecule has 4 aliphatic carbocycles. The Morgan fingerprint density at radius 3 is 1.93 bits per heavy atom. The highest BCUT2D eigenvalue weighted by Gasteiger charge is 2.67. The van der Waals surface area contributed by atoms with E-state index in [9.17, 15) is 14.4 Å². The van der Waals surface area contributed by atoms with Crippen LogP contribution in [0.2, 0.25) is 0 Å². The molecule has 1 saturated heterocycles. The van der Waals surface area contributed by atoms with Gasteiger partial charge in [0.15, 0.2) is 0 Å². The highest BCUT2D eigenvalue weighted by molar-refractivity contribution is 6.08. The van der Waals surface area contributed by atoms with Crippen LogP contribution in [-0.2, 0) is 9.59 Å². The lowest BCUT2D eigenvalue weighted by Crippen LogP contribution is -2.46. The molecule has 2 heterocycles. The smallest absolute Gasteiger partial charge is 0.270 e. The van der Waals surface area contributed by atoms with Crippen molar-refractivity contribution < 1.29 is 14.4 Å². The molecule has 2 unspecified atom stereocenters. The van der Waals surface area contributed by atoms with Gasteiger partial charge < -0.3 is 4.57 Å². The zero-order valence-corrected chi connectivity index (χ0v) is 16.9. The number of imide groups is 1. The van der Waals surface area contributed by atoms with Gasteiger partial charge in [-0.1, -0.05) is 12.2 Å². The number of aryl methyl sites for hydroxylation is 2. The van der Waals surface area contributed by atoms with Crippen LogP contribution < -0.4 is 5.43 Å². The summed E-state index contributed by atoms with van der Waals surface area (Å²) in [7, 11) is 0. The van der Waals surface area contributed by atoms with Crippen molar-refractivity contribution in [1.82, 2.24) is 15.0 Å². The van der Waals surface area contributed by atoms with Crippen molar-refractivity contribution in [2.45, 2.75) is 20.3 Å². The Labute approximate surface area is 174 Å². The maximum atomic E-state index is 13.0. The number of aromatic nitrogens is 1. The third-order valence-corrected chi connectivity index (χ3v) is 7.53. The van der Waals surface area contributed by atoms with Crippen LogP contribution >= 0.6 is 0 Å². The van der Waals surface area contributed by atoms with Gasteiger partial charge in [-0.2, -0.15) is 5.01 Å². The summed E-state index contributed by atoms with van der Waals surface area (Å²) in [6, 6.07) is 11.3. The summed E-state index contributed by atoms with van der Waals surface area (Å²) in [5, 5.41) is 0.990. The number of carbonyl (C=O) groups excluding carboxylic acids is 3. The average Bonchev–Trinajstić information content (AvgIpc) is 3.46. The minimum atomic E-state index is -0.437. The maximum absolute atomic E-state index is 13.0. The van der Waals surface area contributed by atoms with Crippen LogP contribution in [0.4, 0.5) is 0 Å². The number of nitrogens with one attached hydrogen (secondary N) is 1. The van der Waals surface area contributed by atoms with E-state index in [4.69, 9.17) is 0 Å². The molecule has 6 atom stereocenters. The molecule has 5 aliphatic rings. The van der Waals surface area contributed by atoms with Crippen LogP contribution in [0.1, 0.15) is 28.2 Å². The van der Waals surface area contributed by atoms with Crippen molar-refractivity contribution in [1.29, 1.82) is 0 Å². The average molecular weight is 401 g/mol. The molecule has 0 radical (unpaired) electrons. The molecule has 152 valence electrons. The first-order valence-electron chi connectivity index (χ1n) is 10.6. The summed E-state index contributed by atoms with van der Waals surface area (Å²) < 4.78 is 2.11. The zero-order valence-electron chi connectivity index (χ0n) is 16.9. The third kappa shape index (κ3) is 2.27. The number of rotatable bonds is 3. The second-order valence-corrected chi connectivity index (χ2v) is 9.11. The van der Waals surface area contributed by atoms with Gasteiger partial charge in [0.1, 0.15) is 0 Å². The first-order chi connectivity index (χ1) is 14.5. The number of benzene rings is 1. The molecule has 30 heavy (non-hydrogen) atoms. The van der Waals surface area contributed by atoms with E-state index in [-0.39, 0.29) is 35.5 Å². The van der Waals surface area contributed by atoms with Crippen LogP contribution in [-0.4, -0.2) is 27.3 Å². The Bertz CT molecular complexity index is 1070. The van der Waals surface area contributed by atoms with Gasteiger partial charge in [0.2, 0.25) is 0 Å². The monoisotopic (exact) mass is 401 g/mol. The predicted molar refractivity (Wildman–Crippen MR) is 109 cm³/mol. The molecule has 2 saturated carbocycles. The SMILES string of the molecule is Cc1ccc(C)n1-c1ccc(C(=O)NN2C(=O)[C@@H]3[C@H](C2=O)[C@@H]2C=C[C@H]3C3CC32)cc1. The van der Waals surface area contributed by atoms with Crippen LogP contribution in [0.3, 0.4) is 0 Å². The number of hydrazine groups is 1. The van der Waals surface area contributed by atoms with Crippen molar-refractivity contribution in [3.63, 3.8) is 0 Å². The topological polar surface area (TPSA) is 71.4 Å². The molecule has 1 N–H and O–H groups in total. The summed E-state index contributed by atoms with van der Waals surface area (Å²) in [6.07, 6.45) is 5.37. The minimum absolute atomic E-state index is 0.149. The van der Waals surface area contributed by atoms with Gasteiger partial charge in [0.05, 0.1) is 11.8 Å². The van der Waals surface area contributed by atoms with E-state index in [0.29, 0.717) is 17.4 Å². The van der Waals surface area contributed by atoms with E-state index in [0.717, 1.165) is 28.5 Å². The van der Waals surface area contributed by atoms with Crippen LogP contribution in [0.15, 0.2) is 48.6 Å². The van der Waals surface area contributed by atoms with E-state index >= 15 is 0 Å². The van der Waals surface area contributed by atoms with Crippen LogP contribution in [0.25, 0.3) is 5.69 Å². The minimum Gasteiger partial charge on any atom is -0.319 e. The molecule has 3 amide bonds. The lowest BCUT2D eigenvalue weighted by molar-refractivity contribution is -0.143. The largest absolute Gasteiger partial charge is 0.319 e. The fourth-order valence-electron chi connectivity index (χ4n) is 6.07. The first-order valence-corrected chi connectivity index (χ1v) is 10.6. The van der Waals surface area contributed by atoms with E-state index in [1.807, 2.05) is 38.1 Å². The van der Waals surface area contributed by atoms with Crippen molar-refractivity contribution in [3.8, 4) is 5.69 Å². The predicted octanol–water partition coefficient (Wildman–Crippen LogP) is 2.79. The molecule has 2 aromatic rings. The van der Waals surface area contributed by atoms with Gasteiger partial charge in [0.25, 0.3) is 17.7 Å². The van der Waals surface area contributed by atoms with Crippen molar-refractivity contribution >= 4 is 17.7 Å². The van der Waals surface area contributed by atoms with Gasteiger partial charge in [-0.3, -0.25) is 19.8 Å². The third-order valence-electron chi connectivity index (χ3n) is 7.53. The number of nitrogens with zero attached hydrogens (tertiary/aromatic N) is 2. The highest BCUT2D eigenvalue weighted by atomic mass is 16.2. The highest BCUT2D eigenvalue weighted by Crippen LogP contribution is 2.65. The fourth-order valence-corrected chi connectivity index (χ4v) is 6.07.